The Bertz CT molecular complexity index is 1010. The van der Waals surface area contributed by atoms with Crippen LogP contribution in [0.4, 0.5) is 0 Å². The Hall–Kier alpha value is -1.58. The number of rotatable bonds is 6. The third-order valence-corrected chi connectivity index (χ3v) is 9.23. The lowest BCUT2D eigenvalue weighted by Gasteiger charge is -2.59. The number of carbonyl (C=O) groups is 2. The number of hydrogen-bond donors (Lipinski definition) is 3. The molecule has 0 radical (unpaired) electrons. The number of benzene rings is 1. The lowest BCUT2D eigenvalue weighted by molar-refractivity contribution is -0.148. The Morgan fingerprint density at radius 1 is 1.16 bits per heavy atom. The molecule has 0 heterocycles. The molecule has 168 valence electrons. The summed E-state index contributed by atoms with van der Waals surface area (Å²) >= 11 is 6.02. The number of nitrogens with two attached hydrogens (primary N) is 1. The monoisotopic (exact) mass is 465 g/mol. The molecule has 1 aromatic carbocycles. The first-order valence-electron chi connectivity index (χ1n) is 10.7. The normalized spacial score (nSPS) is 32.1. The Morgan fingerprint density at radius 3 is 2.32 bits per heavy atom. The van der Waals surface area contributed by atoms with Gasteiger partial charge in [0.1, 0.15) is 13.4 Å². The summed E-state index contributed by atoms with van der Waals surface area (Å²) in [5.41, 5.74) is 4.67. The van der Waals surface area contributed by atoms with Crippen LogP contribution in [0.3, 0.4) is 0 Å². The molecular weight excluding hydrogens is 437 g/mol. The molecule has 4 aliphatic rings. The van der Waals surface area contributed by atoms with Crippen LogP contribution in [0.15, 0.2) is 23.1 Å². The van der Waals surface area contributed by atoms with Gasteiger partial charge in [-0.1, -0.05) is 17.1 Å². The molecule has 2 unspecified atom stereocenters. The van der Waals surface area contributed by atoms with E-state index in [4.69, 9.17) is 17.3 Å². The predicted octanol–water partition coefficient (Wildman–Crippen LogP) is 0.452. The van der Waals surface area contributed by atoms with Crippen LogP contribution in [0.5, 0.6) is 0 Å². The first-order valence-corrected chi connectivity index (χ1v) is 12.6. The number of nitrogens with one attached hydrogen (secondary N) is 2. The van der Waals surface area contributed by atoms with Gasteiger partial charge in [-0.2, -0.15) is 4.72 Å². The van der Waals surface area contributed by atoms with Gasteiger partial charge in [0.15, 0.2) is 0 Å². The highest BCUT2D eigenvalue weighted by Gasteiger charge is 2.58. The highest BCUT2D eigenvalue weighted by atomic mass is 35.5. The SMILES string of the molecule is Bc1cc(Cl)cc(S(=O)(=O)NC(C)(C)C(=O)NC2C3CC4CC2CC(C(N)=O)(C4)C3)c1. The summed E-state index contributed by atoms with van der Waals surface area (Å²) in [5.74, 6) is 0.286. The number of sulfonamides is 1. The van der Waals surface area contributed by atoms with Gasteiger partial charge in [-0.25, -0.2) is 8.42 Å². The van der Waals surface area contributed by atoms with E-state index in [2.05, 4.69) is 10.0 Å². The van der Waals surface area contributed by atoms with E-state index >= 15 is 0 Å². The van der Waals surface area contributed by atoms with E-state index in [1.54, 1.807) is 27.8 Å². The molecule has 0 aromatic heterocycles. The summed E-state index contributed by atoms with van der Waals surface area (Å²) in [7, 11) is -2.19. The topological polar surface area (TPSA) is 118 Å². The molecule has 0 aliphatic heterocycles. The Balaban J connectivity index is 1.49. The zero-order valence-corrected chi connectivity index (χ0v) is 19.6. The van der Waals surface area contributed by atoms with Crippen molar-refractivity contribution in [2.24, 2.45) is 28.9 Å². The number of primary amides is 1. The van der Waals surface area contributed by atoms with Gasteiger partial charge in [0.05, 0.1) is 4.90 Å². The molecule has 4 N–H and O–H groups in total. The van der Waals surface area contributed by atoms with Crippen LogP contribution in [0, 0.1) is 23.2 Å². The molecule has 0 saturated heterocycles. The highest BCUT2D eigenvalue weighted by Crippen LogP contribution is 2.59. The van der Waals surface area contributed by atoms with Gasteiger partial charge in [0.2, 0.25) is 21.8 Å². The standard InChI is InChI=1S/C21H29BClN3O4S/c1-20(2,26-31(29,30)16-6-14(22)5-15(23)7-16)19(28)25-17-12-3-11-4-13(17)10-21(8-11,9-12)18(24)27/h5-7,11-13,17,26H,3-4,8-10,22H2,1-2H3,(H2,24,27)(H,25,28). The molecule has 4 fully saturated rings. The quantitative estimate of drug-likeness (QED) is 0.529. The van der Waals surface area contributed by atoms with E-state index in [0.717, 1.165) is 19.3 Å². The minimum Gasteiger partial charge on any atom is -0.369 e. The Morgan fingerprint density at radius 2 is 1.77 bits per heavy atom. The molecule has 2 atom stereocenters. The van der Waals surface area contributed by atoms with E-state index < -0.39 is 21.0 Å². The van der Waals surface area contributed by atoms with Gasteiger partial charge in [-0.05, 0) is 81.9 Å². The Kier molecular flexibility index (Phi) is 5.46. The average Bonchev–Trinajstić information content (AvgIpc) is 2.62. The summed E-state index contributed by atoms with van der Waals surface area (Å²) in [6.45, 7) is 3.11. The van der Waals surface area contributed by atoms with Crippen LogP contribution in [0.2, 0.25) is 5.02 Å². The average molecular weight is 466 g/mol. The van der Waals surface area contributed by atoms with E-state index in [-0.39, 0.29) is 34.6 Å². The van der Waals surface area contributed by atoms with Gasteiger partial charge in [-0.3, -0.25) is 9.59 Å². The first-order chi connectivity index (χ1) is 14.3. The molecule has 4 saturated carbocycles. The van der Waals surface area contributed by atoms with E-state index in [1.165, 1.54) is 12.1 Å². The van der Waals surface area contributed by atoms with Crippen molar-refractivity contribution in [2.75, 3.05) is 0 Å². The second-order valence-corrected chi connectivity index (χ2v) is 12.4. The first kappa shape index (κ1) is 22.6. The fraction of sp³-hybridized carbons (Fsp3) is 0.619. The zero-order valence-electron chi connectivity index (χ0n) is 18.1. The van der Waals surface area contributed by atoms with E-state index in [1.807, 2.05) is 0 Å². The van der Waals surface area contributed by atoms with Crippen LogP contribution >= 0.6 is 11.6 Å². The van der Waals surface area contributed by atoms with Crippen molar-refractivity contribution < 1.29 is 18.0 Å². The maximum Gasteiger partial charge on any atom is 0.241 e. The smallest absolute Gasteiger partial charge is 0.241 e. The summed E-state index contributed by atoms with van der Waals surface area (Å²) in [4.78, 5) is 25.3. The van der Waals surface area contributed by atoms with Crippen molar-refractivity contribution >= 4 is 46.7 Å². The van der Waals surface area contributed by atoms with Crippen LogP contribution < -0.4 is 21.2 Å². The van der Waals surface area contributed by atoms with E-state index in [9.17, 15) is 18.0 Å². The van der Waals surface area contributed by atoms with Gasteiger partial charge in [0, 0.05) is 16.5 Å². The summed E-state index contributed by atoms with van der Waals surface area (Å²) in [5, 5.41) is 3.43. The van der Waals surface area contributed by atoms with Crippen LogP contribution in [-0.2, 0) is 19.6 Å². The van der Waals surface area contributed by atoms with Gasteiger partial charge >= 0.3 is 0 Å². The van der Waals surface area contributed by atoms with E-state index in [0.29, 0.717) is 29.2 Å². The van der Waals surface area contributed by atoms with Crippen molar-refractivity contribution in [3.8, 4) is 0 Å². The molecule has 31 heavy (non-hydrogen) atoms. The zero-order chi connectivity index (χ0) is 22.8. The van der Waals surface area contributed by atoms with Crippen molar-refractivity contribution in [3.63, 3.8) is 0 Å². The summed E-state index contributed by atoms with van der Waals surface area (Å²) in [6.07, 6.45) is 4.22. The van der Waals surface area contributed by atoms with Gasteiger partial charge in [0.25, 0.3) is 0 Å². The summed E-state index contributed by atoms with van der Waals surface area (Å²) in [6, 6.07) is 4.49. The maximum atomic E-state index is 13.2. The van der Waals surface area contributed by atoms with Gasteiger partial charge in [-0.15, -0.1) is 0 Å². The predicted molar refractivity (Wildman–Crippen MR) is 121 cm³/mol. The van der Waals surface area contributed by atoms with Crippen LogP contribution in [-0.4, -0.2) is 39.7 Å². The van der Waals surface area contributed by atoms with Crippen molar-refractivity contribution in [1.82, 2.24) is 10.0 Å². The third kappa shape index (κ3) is 4.12. The molecule has 5 rings (SSSR count). The van der Waals surface area contributed by atoms with Gasteiger partial charge < -0.3 is 11.1 Å². The number of hydrogen-bond acceptors (Lipinski definition) is 4. The lowest BCUT2D eigenvalue weighted by Crippen LogP contribution is -2.65. The number of amides is 2. The largest absolute Gasteiger partial charge is 0.369 e. The minimum absolute atomic E-state index is 0.0244. The van der Waals surface area contributed by atoms with Crippen molar-refractivity contribution in [1.29, 1.82) is 0 Å². The maximum absolute atomic E-state index is 13.2. The highest BCUT2D eigenvalue weighted by molar-refractivity contribution is 7.89. The Labute approximate surface area is 189 Å². The fourth-order valence-corrected chi connectivity index (χ4v) is 8.05. The molecule has 4 aliphatic carbocycles. The minimum atomic E-state index is -3.95. The molecule has 10 heteroatoms. The molecule has 2 amide bonds. The second-order valence-electron chi connectivity index (χ2n) is 10.3. The summed E-state index contributed by atoms with van der Waals surface area (Å²) < 4.78 is 28.3. The van der Waals surface area contributed by atoms with Crippen LogP contribution in [0.1, 0.15) is 46.0 Å². The van der Waals surface area contributed by atoms with Crippen molar-refractivity contribution in [2.45, 2.75) is 62.4 Å². The second kappa shape index (κ2) is 7.49. The molecule has 0 spiro atoms. The molecule has 4 bridgehead atoms. The molecule has 7 nitrogen and oxygen atoms in total. The van der Waals surface area contributed by atoms with Crippen LogP contribution in [0.25, 0.3) is 0 Å². The molecular formula is C21H29BClN3O4S. The fourth-order valence-electron chi connectivity index (χ4n) is 6.19. The lowest BCUT2D eigenvalue weighted by atomic mass is 9.47. The third-order valence-electron chi connectivity index (χ3n) is 7.38. The van der Waals surface area contributed by atoms with Crippen molar-refractivity contribution in [3.05, 3.63) is 23.2 Å². The number of carbonyl (C=O) groups excluding carboxylic acids is 2. The molecule has 1 aromatic rings. The number of halogens is 1.